The molecule has 2 aromatic heterocycles. The van der Waals surface area contributed by atoms with Crippen molar-refractivity contribution in [2.24, 2.45) is 0 Å². The Morgan fingerprint density at radius 2 is 2.31 bits per heavy atom. The first-order chi connectivity index (χ1) is 6.18. The normalized spacial score (nSPS) is 10.5. The average molecular weight is 198 g/mol. The number of nitrogens with zero attached hydrogens (tertiary/aromatic N) is 3. The fourth-order valence-corrected chi connectivity index (χ4v) is 1.18. The van der Waals surface area contributed by atoms with E-state index in [1.54, 1.807) is 0 Å². The van der Waals surface area contributed by atoms with Crippen LogP contribution < -0.4 is 0 Å². The third-order valence-electron chi connectivity index (χ3n) is 1.62. The van der Waals surface area contributed by atoms with Crippen molar-refractivity contribution in [1.82, 2.24) is 14.6 Å². The van der Waals surface area contributed by atoms with E-state index in [0.717, 1.165) is 0 Å². The zero-order chi connectivity index (χ0) is 9.42. The molecule has 0 fully saturated rings. The Bertz CT molecular complexity index is 480. The van der Waals surface area contributed by atoms with E-state index in [0.29, 0.717) is 5.65 Å². The van der Waals surface area contributed by atoms with Crippen LogP contribution in [0.4, 0.5) is 0 Å². The Labute approximate surface area is 77.6 Å². The van der Waals surface area contributed by atoms with Crippen LogP contribution in [0.15, 0.2) is 18.3 Å². The molecule has 0 spiro atoms. The second kappa shape index (κ2) is 2.70. The number of aromatic carboxylic acids is 1. The van der Waals surface area contributed by atoms with Gasteiger partial charge in [-0.15, -0.1) is 10.2 Å². The van der Waals surface area contributed by atoms with Gasteiger partial charge in [0.15, 0.2) is 5.65 Å². The van der Waals surface area contributed by atoms with E-state index in [-0.39, 0.29) is 10.8 Å². The van der Waals surface area contributed by atoms with Gasteiger partial charge in [0.1, 0.15) is 0 Å². The summed E-state index contributed by atoms with van der Waals surface area (Å²) in [6.45, 7) is 0. The summed E-state index contributed by atoms with van der Waals surface area (Å²) in [4.78, 5) is 10.6. The zero-order valence-electron chi connectivity index (χ0n) is 6.31. The number of fused-ring (bicyclic) bond motifs is 1. The van der Waals surface area contributed by atoms with Crippen LogP contribution in [0.5, 0.6) is 0 Å². The van der Waals surface area contributed by atoms with Gasteiger partial charge in [-0.1, -0.05) is 0 Å². The van der Waals surface area contributed by atoms with Crippen LogP contribution in [0.2, 0.25) is 5.28 Å². The summed E-state index contributed by atoms with van der Waals surface area (Å²) in [5.41, 5.74) is 0.585. The quantitative estimate of drug-likeness (QED) is 0.743. The Hall–Kier alpha value is -1.62. The lowest BCUT2D eigenvalue weighted by Crippen LogP contribution is -1.97. The second-order valence-electron chi connectivity index (χ2n) is 2.42. The lowest BCUT2D eigenvalue weighted by Gasteiger charge is -1.94. The van der Waals surface area contributed by atoms with Gasteiger partial charge in [-0.25, -0.2) is 4.79 Å². The topological polar surface area (TPSA) is 67.5 Å². The van der Waals surface area contributed by atoms with Crippen LogP contribution in [-0.2, 0) is 0 Å². The minimum absolute atomic E-state index is 0.163. The number of pyridine rings is 1. The first-order valence-electron chi connectivity index (χ1n) is 3.42. The minimum Gasteiger partial charge on any atom is -0.478 e. The van der Waals surface area contributed by atoms with E-state index in [1.165, 1.54) is 22.7 Å². The number of hydrogen-bond acceptors (Lipinski definition) is 3. The number of carbonyl (C=O) groups is 1. The van der Waals surface area contributed by atoms with Crippen molar-refractivity contribution in [1.29, 1.82) is 0 Å². The molecule has 0 aliphatic heterocycles. The van der Waals surface area contributed by atoms with Crippen molar-refractivity contribution in [3.63, 3.8) is 0 Å². The molecule has 0 radical (unpaired) electrons. The summed E-state index contributed by atoms with van der Waals surface area (Å²) in [5, 5.41) is 16.1. The summed E-state index contributed by atoms with van der Waals surface area (Å²) >= 11 is 5.65. The average Bonchev–Trinajstić information content (AvgIpc) is 2.47. The van der Waals surface area contributed by atoms with E-state index in [2.05, 4.69) is 10.2 Å². The van der Waals surface area contributed by atoms with Gasteiger partial charge in [-0.2, -0.15) is 0 Å². The number of hydrogen-bond donors (Lipinski definition) is 1. The summed E-state index contributed by atoms with van der Waals surface area (Å²) in [7, 11) is 0. The van der Waals surface area contributed by atoms with Crippen molar-refractivity contribution in [3.05, 3.63) is 29.2 Å². The fourth-order valence-electron chi connectivity index (χ4n) is 0.995. The summed E-state index contributed by atoms with van der Waals surface area (Å²) in [6, 6.07) is 2.84. The van der Waals surface area contributed by atoms with Crippen LogP contribution in [0.1, 0.15) is 10.4 Å². The molecule has 0 aliphatic rings. The maximum absolute atomic E-state index is 10.6. The van der Waals surface area contributed by atoms with Crippen molar-refractivity contribution >= 4 is 23.2 Å². The standard InChI is InChI=1S/C7H4ClN3O2/c8-7-10-9-5-3-4(6(12)13)1-2-11(5)7/h1-3H,(H,12,13). The molecule has 13 heavy (non-hydrogen) atoms. The van der Waals surface area contributed by atoms with E-state index in [1.807, 2.05) is 0 Å². The smallest absolute Gasteiger partial charge is 0.335 e. The molecule has 0 saturated carbocycles. The van der Waals surface area contributed by atoms with Crippen LogP contribution in [0.3, 0.4) is 0 Å². The molecule has 0 amide bonds. The number of carboxylic acid groups (broad SMARTS) is 1. The molecule has 2 heterocycles. The van der Waals surface area contributed by atoms with Crippen molar-refractivity contribution < 1.29 is 9.90 Å². The van der Waals surface area contributed by atoms with Crippen molar-refractivity contribution in [2.45, 2.75) is 0 Å². The molecular formula is C7H4ClN3O2. The van der Waals surface area contributed by atoms with E-state index in [9.17, 15) is 4.79 Å². The molecule has 0 unspecified atom stereocenters. The third-order valence-corrected chi connectivity index (χ3v) is 1.87. The molecule has 0 saturated heterocycles. The SMILES string of the molecule is O=C(O)c1ccn2c(Cl)nnc2c1. The van der Waals surface area contributed by atoms with Crippen LogP contribution >= 0.6 is 11.6 Å². The Balaban J connectivity index is 2.70. The number of carboxylic acids is 1. The van der Waals surface area contributed by atoms with Gasteiger partial charge in [0.2, 0.25) is 5.28 Å². The van der Waals surface area contributed by atoms with Crippen molar-refractivity contribution in [3.8, 4) is 0 Å². The van der Waals surface area contributed by atoms with Crippen LogP contribution in [-0.4, -0.2) is 25.7 Å². The van der Waals surface area contributed by atoms with Gasteiger partial charge in [-0.05, 0) is 23.7 Å². The first kappa shape index (κ1) is 8.00. The maximum atomic E-state index is 10.6. The lowest BCUT2D eigenvalue weighted by molar-refractivity contribution is 0.0697. The van der Waals surface area contributed by atoms with Crippen molar-refractivity contribution in [2.75, 3.05) is 0 Å². The molecule has 1 N–H and O–H groups in total. The zero-order valence-corrected chi connectivity index (χ0v) is 7.06. The molecule has 2 rings (SSSR count). The highest BCUT2D eigenvalue weighted by Crippen LogP contribution is 2.10. The molecule has 0 aromatic carbocycles. The monoisotopic (exact) mass is 197 g/mol. The molecule has 0 bridgehead atoms. The number of rotatable bonds is 1. The third kappa shape index (κ3) is 1.23. The summed E-state index contributed by atoms with van der Waals surface area (Å²) in [6.07, 6.45) is 1.52. The number of halogens is 1. The van der Waals surface area contributed by atoms with Gasteiger partial charge < -0.3 is 5.11 Å². The largest absolute Gasteiger partial charge is 0.478 e. The van der Waals surface area contributed by atoms with E-state index in [4.69, 9.17) is 16.7 Å². The predicted molar refractivity (Wildman–Crippen MR) is 45.0 cm³/mol. The number of aromatic nitrogens is 3. The molecule has 66 valence electrons. The molecule has 6 heteroatoms. The highest BCUT2D eigenvalue weighted by atomic mass is 35.5. The first-order valence-corrected chi connectivity index (χ1v) is 3.80. The molecular weight excluding hydrogens is 194 g/mol. The van der Waals surface area contributed by atoms with E-state index < -0.39 is 5.97 Å². The van der Waals surface area contributed by atoms with Crippen LogP contribution in [0.25, 0.3) is 5.65 Å². The van der Waals surface area contributed by atoms with Gasteiger partial charge in [-0.3, -0.25) is 4.40 Å². The highest BCUT2D eigenvalue weighted by Gasteiger charge is 2.06. The molecule has 0 aliphatic carbocycles. The lowest BCUT2D eigenvalue weighted by atomic mass is 10.3. The van der Waals surface area contributed by atoms with Gasteiger partial charge in [0, 0.05) is 6.20 Å². The Morgan fingerprint density at radius 1 is 1.54 bits per heavy atom. The second-order valence-corrected chi connectivity index (χ2v) is 2.76. The highest BCUT2D eigenvalue weighted by molar-refractivity contribution is 6.28. The summed E-state index contributed by atoms with van der Waals surface area (Å²) < 4.78 is 1.49. The minimum atomic E-state index is -0.998. The van der Waals surface area contributed by atoms with Gasteiger partial charge in [0.25, 0.3) is 0 Å². The molecule has 2 aromatic rings. The molecule has 0 atom stereocenters. The summed E-state index contributed by atoms with van der Waals surface area (Å²) in [5.74, 6) is -0.998. The van der Waals surface area contributed by atoms with Gasteiger partial charge in [0.05, 0.1) is 5.56 Å². The Kier molecular flexibility index (Phi) is 1.66. The Morgan fingerprint density at radius 3 is 3.00 bits per heavy atom. The fraction of sp³-hybridized carbons (Fsp3) is 0. The van der Waals surface area contributed by atoms with E-state index >= 15 is 0 Å². The van der Waals surface area contributed by atoms with Gasteiger partial charge >= 0.3 is 5.97 Å². The predicted octanol–water partition coefficient (Wildman–Crippen LogP) is 1.08. The molecule has 5 nitrogen and oxygen atoms in total. The van der Waals surface area contributed by atoms with Crippen LogP contribution in [0, 0.1) is 0 Å². The maximum Gasteiger partial charge on any atom is 0.335 e.